The minimum Gasteiger partial charge on any atom is -0.494 e. The van der Waals surface area contributed by atoms with E-state index in [4.69, 9.17) is 21.1 Å². The summed E-state index contributed by atoms with van der Waals surface area (Å²) in [6.07, 6.45) is 13.2. The van der Waals surface area contributed by atoms with Crippen LogP contribution >= 0.6 is 11.6 Å². The van der Waals surface area contributed by atoms with Crippen LogP contribution in [-0.4, -0.2) is 58.7 Å². The second kappa shape index (κ2) is 14.8. The van der Waals surface area contributed by atoms with E-state index >= 15 is 0 Å². The first-order chi connectivity index (χ1) is 24.2. The van der Waals surface area contributed by atoms with E-state index in [1.54, 1.807) is 12.1 Å². The van der Waals surface area contributed by atoms with Crippen molar-refractivity contribution >= 4 is 29.2 Å². The summed E-state index contributed by atoms with van der Waals surface area (Å²) in [5, 5.41) is 14.6. The van der Waals surface area contributed by atoms with Crippen molar-refractivity contribution in [2.24, 2.45) is 11.8 Å². The van der Waals surface area contributed by atoms with E-state index in [2.05, 4.69) is 35.4 Å². The quantitative estimate of drug-likeness (QED) is 0.174. The van der Waals surface area contributed by atoms with E-state index in [0.29, 0.717) is 49.3 Å². The molecule has 3 aromatic rings. The van der Waals surface area contributed by atoms with Gasteiger partial charge in [0.05, 0.1) is 13.2 Å². The average Bonchev–Trinajstić information content (AvgIpc) is 3.66. The lowest BCUT2D eigenvalue weighted by Gasteiger charge is -2.47. The number of carboxylic acids is 1. The molecule has 4 aliphatic rings. The highest BCUT2D eigenvalue weighted by Crippen LogP contribution is 2.56. The Balaban J connectivity index is 1.09. The number of aryl methyl sites for hydroxylation is 1. The van der Waals surface area contributed by atoms with Gasteiger partial charge in [-0.15, -0.1) is 0 Å². The minimum absolute atomic E-state index is 0.157. The van der Waals surface area contributed by atoms with Gasteiger partial charge in [-0.25, -0.2) is 4.79 Å². The third-order valence-corrected chi connectivity index (χ3v) is 12.1. The average molecular weight is 700 g/mol. The number of nitrogens with one attached hydrogen (secondary N) is 1. The Labute approximate surface area is 300 Å². The van der Waals surface area contributed by atoms with Gasteiger partial charge in [-0.3, -0.25) is 9.78 Å². The largest absolute Gasteiger partial charge is 0.494 e. The number of halogens is 1. The van der Waals surface area contributed by atoms with Gasteiger partial charge in [0, 0.05) is 47.7 Å². The van der Waals surface area contributed by atoms with Crippen LogP contribution in [-0.2, 0) is 34.3 Å². The van der Waals surface area contributed by atoms with Crippen LogP contribution < -0.4 is 14.8 Å². The molecular weight excluding hydrogens is 650 g/mol. The molecule has 1 aromatic heterocycles. The number of aromatic nitrogens is 1. The van der Waals surface area contributed by atoms with Crippen molar-refractivity contribution in [2.75, 3.05) is 31.6 Å². The van der Waals surface area contributed by atoms with E-state index < -0.39 is 11.5 Å². The number of anilines is 1. The van der Waals surface area contributed by atoms with Crippen LogP contribution in [0.3, 0.4) is 0 Å². The number of aliphatic carboxylic acids is 1. The molecule has 0 radical (unpaired) electrons. The molecule has 2 heterocycles. The number of likely N-dealkylation sites (tertiary alicyclic amines) is 1. The second-order valence-corrected chi connectivity index (χ2v) is 15.6. The number of carbonyl (C=O) groups excluding carboxylic acids is 1. The summed E-state index contributed by atoms with van der Waals surface area (Å²) < 4.78 is 12.8. The molecule has 50 heavy (non-hydrogen) atoms. The Bertz CT molecular complexity index is 1700. The molecule has 0 bridgehead atoms. The number of fused-ring (bicyclic) bond motifs is 3. The number of hydrogen-bond acceptors (Lipinski definition) is 6. The first-order valence-electron chi connectivity index (χ1n) is 18.7. The Hall–Kier alpha value is -3.78. The van der Waals surface area contributed by atoms with Crippen molar-refractivity contribution in [1.82, 2.24) is 9.88 Å². The predicted molar refractivity (Wildman–Crippen MR) is 195 cm³/mol. The molecule has 1 aliphatic heterocycles. The molecule has 1 amide bonds. The summed E-state index contributed by atoms with van der Waals surface area (Å²) in [7, 11) is 0. The maximum Gasteiger partial charge on any atom is 0.329 e. The third-order valence-electron chi connectivity index (χ3n) is 11.9. The van der Waals surface area contributed by atoms with Gasteiger partial charge in [0.15, 0.2) is 0 Å². The van der Waals surface area contributed by atoms with Crippen molar-refractivity contribution in [1.29, 1.82) is 0 Å². The van der Waals surface area contributed by atoms with Crippen molar-refractivity contribution in [3.8, 4) is 11.5 Å². The summed E-state index contributed by atoms with van der Waals surface area (Å²) in [5.74, 6) is 1.93. The Morgan fingerprint density at radius 2 is 1.90 bits per heavy atom. The van der Waals surface area contributed by atoms with Crippen molar-refractivity contribution in [3.05, 3.63) is 82.1 Å². The summed E-state index contributed by atoms with van der Waals surface area (Å²) in [4.78, 5) is 31.6. The van der Waals surface area contributed by atoms with Gasteiger partial charge in [-0.1, -0.05) is 30.7 Å². The number of benzene rings is 2. The molecule has 1 spiro atoms. The fourth-order valence-electron chi connectivity index (χ4n) is 9.21. The molecular formula is C41H50ClN3O5. The standard InChI is InChI=1S/C41H50ClN3O5/c1-28(27-50-37-14-19-43-36-10-3-2-9-34(36)37)23-30-24-29-12-13-33(49-22-6-21-45-20-5-11-38(45)46)26-35(29)40(30)15-17-41(18-16-40,39(47)48)44-32-8-4-7-31(42)25-32/h4,7-8,12-14,19,25-26,28,30,44H,2-3,5-6,9-11,15-18,20-24,27H2,1H3,(H,47,48)/t28-,30?,40?,41?/m1/s1. The van der Waals surface area contributed by atoms with Gasteiger partial charge in [-0.05, 0) is 142 Å². The molecule has 266 valence electrons. The van der Waals surface area contributed by atoms with Crippen molar-refractivity contribution in [2.45, 2.75) is 101 Å². The number of pyridine rings is 1. The number of nitrogens with zero attached hydrogens (tertiary/aromatic N) is 2. The lowest BCUT2D eigenvalue weighted by atomic mass is 9.59. The molecule has 7 rings (SSSR count). The van der Waals surface area contributed by atoms with Gasteiger partial charge in [0.1, 0.15) is 17.0 Å². The lowest BCUT2D eigenvalue weighted by Crippen LogP contribution is -2.53. The summed E-state index contributed by atoms with van der Waals surface area (Å²) >= 11 is 6.28. The molecule has 2 atom stereocenters. The highest BCUT2D eigenvalue weighted by atomic mass is 35.5. The van der Waals surface area contributed by atoms with Crippen LogP contribution in [0.15, 0.2) is 54.7 Å². The molecule has 1 unspecified atom stereocenters. The Kier molecular flexibility index (Phi) is 10.3. The maximum absolute atomic E-state index is 13.0. The number of hydrogen-bond donors (Lipinski definition) is 2. The molecule has 1 saturated heterocycles. The Morgan fingerprint density at radius 3 is 2.68 bits per heavy atom. The first kappa shape index (κ1) is 34.7. The van der Waals surface area contributed by atoms with Gasteiger partial charge in [0.2, 0.25) is 5.91 Å². The van der Waals surface area contributed by atoms with Crippen molar-refractivity contribution < 1.29 is 24.2 Å². The van der Waals surface area contributed by atoms with E-state index in [0.717, 1.165) is 81.6 Å². The number of amides is 1. The van der Waals surface area contributed by atoms with Gasteiger partial charge in [-0.2, -0.15) is 0 Å². The molecule has 1 saturated carbocycles. The highest BCUT2D eigenvalue weighted by Gasteiger charge is 2.54. The van der Waals surface area contributed by atoms with E-state index in [1.807, 2.05) is 29.3 Å². The van der Waals surface area contributed by atoms with Crippen LogP contribution in [0.5, 0.6) is 11.5 Å². The predicted octanol–water partition coefficient (Wildman–Crippen LogP) is 8.03. The van der Waals surface area contributed by atoms with Crippen LogP contribution in [0.4, 0.5) is 5.69 Å². The van der Waals surface area contributed by atoms with E-state index in [9.17, 15) is 14.7 Å². The fraction of sp³-hybridized carbons (Fsp3) is 0.537. The minimum atomic E-state index is -1.07. The van der Waals surface area contributed by atoms with Crippen LogP contribution in [0.25, 0.3) is 0 Å². The molecule has 2 fully saturated rings. The number of carboxylic acid groups (broad SMARTS) is 1. The monoisotopic (exact) mass is 699 g/mol. The first-order valence-corrected chi connectivity index (χ1v) is 19.0. The van der Waals surface area contributed by atoms with Gasteiger partial charge in [0.25, 0.3) is 0 Å². The SMILES string of the molecule is C[C@@H](COc1ccnc2c1CCCC2)CC1Cc2ccc(OCCCN3CCCC3=O)cc2C12CCC(Nc1cccc(Cl)c1)(C(=O)O)CC2. The molecule has 2 aromatic carbocycles. The molecule has 3 aliphatic carbocycles. The van der Waals surface area contributed by atoms with Crippen molar-refractivity contribution in [3.63, 3.8) is 0 Å². The molecule has 8 nitrogen and oxygen atoms in total. The number of ether oxygens (including phenoxy) is 2. The topological polar surface area (TPSA) is 101 Å². The number of carbonyl (C=O) groups is 2. The van der Waals surface area contributed by atoms with Gasteiger partial charge < -0.3 is 24.8 Å². The fourth-order valence-corrected chi connectivity index (χ4v) is 9.40. The van der Waals surface area contributed by atoms with Crippen LogP contribution in [0.1, 0.15) is 93.5 Å². The lowest BCUT2D eigenvalue weighted by molar-refractivity contribution is -0.144. The smallest absolute Gasteiger partial charge is 0.329 e. The zero-order chi connectivity index (χ0) is 34.7. The number of rotatable bonds is 13. The summed E-state index contributed by atoms with van der Waals surface area (Å²) in [6, 6.07) is 15.9. The zero-order valence-electron chi connectivity index (χ0n) is 29.2. The van der Waals surface area contributed by atoms with Crippen LogP contribution in [0.2, 0.25) is 5.02 Å². The van der Waals surface area contributed by atoms with Gasteiger partial charge >= 0.3 is 5.97 Å². The Morgan fingerprint density at radius 1 is 1.06 bits per heavy atom. The van der Waals surface area contributed by atoms with E-state index in [-0.39, 0.29) is 11.3 Å². The zero-order valence-corrected chi connectivity index (χ0v) is 30.0. The highest BCUT2D eigenvalue weighted by molar-refractivity contribution is 6.30. The van der Waals surface area contributed by atoms with Crippen LogP contribution in [0, 0.1) is 11.8 Å². The normalized spacial score (nSPS) is 24.9. The third kappa shape index (κ3) is 7.19. The second-order valence-electron chi connectivity index (χ2n) is 15.2. The molecule has 2 N–H and O–H groups in total. The summed E-state index contributed by atoms with van der Waals surface area (Å²) in [6.45, 7) is 5.06. The molecule has 9 heteroatoms. The summed E-state index contributed by atoms with van der Waals surface area (Å²) in [5.41, 5.74) is 4.62. The van der Waals surface area contributed by atoms with E-state index in [1.165, 1.54) is 35.2 Å². The maximum atomic E-state index is 13.0.